The van der Waals surface area contributed by atoms with Crippen molar-refractivity contribution in [2.24, 2.45) is 28.6 Å². The van der Waals surface area contributed by atoms with E-state index in [2.05, 4.69) is 15.8 Å². The highest BCUT2D eigenvalue weighted by molar-refractivity contribution is 7.89. The van der Waals surface area contributed by atoms with Gasteiger partial charge in [0.1, 0.15) is 23.3 Å². The Morgan fingerprint density at radius 2 is 0.875 bits per heavy atom. The number of primary sulfonamides is 1. The summed E-state index contributed by atoms with van der Waals surface area (Å²) in [6.07, 6.45) is 2.45. The third kappa shape index (κ3) is 53.1. The Morgan fingerprint density at radius 1 is 0.607 bits per heavy atom. The number of ether oxygens (including phenoxy) is 2. The van der Waals surface area contributed by atoms with E-state index in [1.807, 2.05) is 51.0 Å². The van der Waals surface area contributed by atoms with Crippen LogP contribution in [0.1, 0.15) is 110 Å². The molecule has 0 fully saturated rings. The Morgan fingerprint density at radius 3 is 1.12 bits per heavy atom. The Labute approximate surface area is 341 Å². The van der Waals surface area contributed by atoms with E-state index in [1.165, 1.54) is 0 Å². The summed E-state index contributed by atoms with van der Waals surface area (Å²) < 4.78 is 76.0. The maximum absolute atomic E-state index is 11.8. The fourth-order valence-electron chi connectivity index (χ4n) is 3.42. The lowest BCUT2D eigenvalue weighted by Crippen LogP contribution is -2.49. The third-order valence-electron chi connectivity index (χ3n) is 5.04. The normalized spacial score (nSPS) is 13.1. The fourth-order valence-corrected chi connectivity index (χ4v) is 4.45. The standard InChI is InChI=1S/C12H24N2O5S.C11H21NO4.C7H16N2O3S.CH5NO2S.CH4.ClH/c1-8(2)7-9(10(15)14-20(6,17)18)13-11(16)19-12(3,4)5;1-7(2)6-8(9(13)14)12-10(15)16-11(3,4)5;1-5(2)4-6(8)7(10)9-13(3,11)12;1-5(2,3)4;;/h8-9H,7H2,1-6H3,(H,13,16)(H,14,15);7-8H,6H2,1-5H3,(H,12,15)(H,13,14);5-6H,4,8H2,1-3H3,(H,9,10);1H3,(H2,2,3,4);1H4;1H/t9-;8-;6-;;;/m000.../s1. The van der Waals surface area contributed by atoms with Crippen LogP contribution < -0.4 is 31.0 Å². The number of aliphatic carboxylic acids is 1. The van der Waals surface area contributed by atoms with Gasteiger partial charge >= 0.3 is 18.2 Å². The van der Waals surface area contributed by atoms with E-state index in [0.29, 0.717) is 19.3 Å². The zero-order valence-corrected chi connectivity index (χ0v) is 37.9. The van der Waals surface area contributed by atoms with Crippen LogP contribution in [0.25, 0.3) is 0 Å². The van der Waals surface area contributed by atoms with Crippen LogP contribution in [0.5, 0.6) is 0 Å². The molecule has 9 N–H and O–H groups in total. The number of nitrogens with two attached hydrogens (primary N) is 2. The molecule has 0 saturated heterocycles. The van der Waals surface area contributed by atoms with Gasteiger partial charge in [0, 0.05) is 0 Å². The number of carboxylic acid groups (broad SMARTS) is 1. The largest absolute Gasteiger partial charge is 0.480 e. The van der Waals surface area contributed by atoms with Crippen molar-refractivity contribution in [2.75, 3.05) is 18.8 Å². The Hall–Kier alpha value is -2.99. The second kappa shape index (κ2) is 28.4. The first-order valence-electron chi connectivity index (χ1n) is 16.6. The molecule has 0 rings (SSSR count). The van der Waals surface area contributed by atoms with E-state index in [4.69, 9.17) is 20.3 Å². The van der Waals surface area contributed by atoms with Gasteiger partial charge in [-0.2, -0.15) is 0 Å². The number of alkyl carbamates (subject to hydrolysis) is 2. The number of carbonyl (C=O) groups excluding carboxylic acids is 4. The van der Waals surface area contributed by atoms with Gasteiger partial charge in [-0.05, 0) is 78.6 Å². The molecular formula is C32H71ClN6O14S3. The highest BCUT2D eigenvalue weighted by Gasteiger charge is 2.27. The van der Waals surface area contributed by atoms with Crippen LogP contribution in [-0.4, -0.2) is 108 Å². The van der Waals surface area contributed by atoms with Crippen molar-refractivity contribution in [3.63, 3.8) is 0 Å². The van der Waals surface area contributed by atoms with E-state index >= 15 is 0 Å². The van der Waals surface area contributed by atoms with Gasteiger partial charge in [0.25, 0.3) is 5.91 Å². The van der Waals surface area contributed by atoms with E-state index in [9.17, 15) is 49.2 Å². The van der Waals surface area contributed by atoms with Gasteiger partial charge in [0.15, 0.2) is 0 Å². The van der Waals surface area contributed by atoms with Crippen molar-refractivity contribution in [2.45, 2.75) is 139 Å². The summed E-state index contributed by atoms with van der Waals surface area (Å²) in [5.74, 6) is -1.90. The molecule has 0 aromatic rings. The second-order valence-corrected chi connectivity index (χ2v) is 20.7. The lowest BCUT2D eigenvalue weighted by molar-refractivity contribution is -0.140. The van der Waals surface area contributed by atoms with E-state index < -0.39 is 89.4 Å². The average Bonchev–Trinajstić information content (AvgIpc) is 2.82. The number of hydrogen-bond donors (Lipinski definition) is 7. The van der Waals surface area contributed by atoms with E-state index in [0.717, 1.165) is 18.8 Å². The van der Waals surface area contributed by atoms with Crippen LogP contribution in [0.3, 0.4) is 0 Å². The molecule has 0 spiro atoms. The van der Waals surface area contributed by atoms with Crippen molar-refractivity contribution >= 4 is 72.4 Å². The Bertz CT molecular complexity index is 1520. The van der Waals surface area contributed by atoms with Gasteiger partial charge in [-0.3, -0.25) is 19.0 Å². The molecule has 56 heavy (non-hydrogen) atoms. The minimum Gasteiger partial charge on any atom is -0.480 e. The van der Waals surface area contributed by atoms with Crippen LogP contribution in [0.15, 0.2) is 0 Å². The minimum atomic E-state index is -3.67. The summed E-state index contributed by atoms with van der Waals surface area (Å²) >= 11 is 0. The van der Waals surface area contributed by atoms with Crippen LogP contribution in [0.2, 0.25) is 0 Å². The summed E-state index contributed by atoms with van der Waals surface area (Å²) in [5.41, 5.74) is 4.13. The molecule has 24 heteroatoms. The molecule has 338 valence electrons. The van der Waals surface area contributed by atoms with Crippen molar-refractivity contribution in [3.05, 3.63) is 0 Å². The molecule has 0 bridgehead atoms. The molecule has 0 saturated carbocycles. The first kappa shape index (κ1) is 64.9. The Balaban J connectivity index is -0.000000158. The molecule has 0 unspecified atom stereocenters. The lowest BCUT2D eigenvalue weighted by atomic mass is 10.0. The highest BCUT2D eigenvalue weighted by Crippen LogP contribution is 2.11. The molecule has 0 aliphatic rings. The minimum absolute atomic E-state index is 0. The van der Waals surface area contributed by atoms with E-state index in [1.54, 1.807) is 41.5 Å². The molecule has 0 aromatic carbocycles. The number of nitrogens with one attached hydrogen (secondary N) is 4. The summed E-state index contributed by atoms with van der Waals surface area (Å²) in [6, 6.07) is -2.61. The summed E-state index contributed by atoms with van der Waals surface area (Å²) in [6.45, 7) is 21.6. The number of rotatable bonds is 13. The molecule has 0 aliphatic carbocycles. The zero-order valence-electron chi connectivity index (χ0n) is 34.6. The molecule has 20 nitrogen and oxygen atoms in total. The molecule has 4 amide bonds. The van der Waals surface area contributed by atoms with Gasteiger partial charge in [0.2, 0.25) is 36.0 Å². The number of hydrogen-bond acceptors (Lipinski definition) is 14. The summed E-state index contributed by atoms with van der Waals surface area (Å²) in [4.78, 5) is 56.8. The van der Waals surface area contributed by atoms with Crippen molar-refractivity contribution in [3.8, 4) is 0 Å². The second-order valence-electron chi connectivity index (χ2n) is 15.5. The van der Waals surface area contributed by atoms with E-state index in [-0.39, 0.29) is 37.6 Å². The highest BCUT2D eigenvalue weighted by atomic mass is 35.5. The predicted octanol–water partition coefficient (Wildman–Crippen LogP) is 2.41. The fraction of sp³-hybridized carbons (Fsp3) is 0.844. The number of sulfonamides is 3. The van der Waals surface area contributed by atoms with Gasteiger partial charge in [-0.15, -0.1) is 12.4 Å². The quantitative estimate of drug-likeness (QED) is 0.140. The number of carbonyl (C=O) groups is 5. The SMILES string of the molecule is C.CC(C)C[C@H](N)C(=O)NS(C)(=O)=O.CC(C)C[C@H](NC(=O)OC(C)(C)C)C(=O)NS(C)(=O)=O.CC(C)C[C@H](NC(=O)OC(C)(C)C)C(=O)O.CS(N)(=O)=O.Cl. The smallest absolute Gasteiger partial charge is 0.408 e. The zero-order chi connectivity index (χ0) is 44.2. The number of carboxylic acids is 1. The molecule has 0 heterocycles. The van der Waals surface area contributed by atoms with Crippen LogP contribution in [0, 0.1) is 17.8 Å². The number of halogens is 1. The lowest BCUT2D eigenvalue weighted by Gasteiger charge is -2.23. The Kier molecular flexibility index (Phi) is 32.9. The van der Waals surface area contributed by atoms with Crippen LogP contribution >= 0.6 is 12.4 Å². The average molecular weight is 896 g/mol. The molecule has 0 aliphatic heterocycles. The van der Waals surface area contributed by atoms with Gasteiger partial charge in [0.05, 0.1) is 24.8 Å². The topological polar surface area (TPSA) is 327 Å². The van der Waals surface area contributed by atoms with Crippen LogP contribution in [0.4, 0.5) is 9.59 Å². The molecule has 3 atom stereocenters. The predicted molar refractivity (Wildman–Crippen MR) is 219 cm³/mol. The van der Waals surface area contributed by atoms with Crippen molar-refractivity contribution < 1.29 is 63.8 Å². The maximum Gasteiger partial charge on any atom is 0.408 e. The first-order valence-corrected chi connectivity index (χ1v) is 22.4. The molecular weight excluding hydrogens is 824 g/mol. The summed E-state index contributed by atoms with van der Waals surface area (Å²) in [5, 5.41) is 18.0. The summed E-state index contributed by atoms with van der Waals surface area (Å²) in [7, 11) is -10.3. The molecule has 0 radical (unpaired) electrons. The van der Waals surface area contributed by atoms with Gasteiger partial charge in [-0.25, -0.2) is 44.8 Å². The van der Waals surface area contributed by atoms with Gasteiger partial charge in [-0.1, -0.05) is 49.0 Å². The van der Waals surface area contributed by atoms with Gasteiger partial charge < -0.3 is 30.9 Å². The maximum atomic E-state index is 11.8. The van der Waals surface area contributed by atoms with Crippen LogP contribution in [-0.2, 0) is 53.9 Å². The first-order chi connectivity index (χ1) is 23.6. The molecule has 0 aromatic heterocycles. The monoisotopic (exact) mass is 894 g/mol. The van der Waals surface area contributed by atoms with Crippen molar-refractivity contribution in [1.82, 2.24) is 20.1 Å². The van der Waals surface area contributed by atoms with Crippen molar-refractivity contribution in [1.29, 1.82) is 0 Å². The number of amides is 4. The third-order valence-corrected chi connectivity index (χ3v) is 6.19.